The van der Waals surface area contributed by atoms with E-state index in [1.165, 1.54) is 12.2 Å². The number of rotatable bonds is 3. The van der Waals surface area contributed by atoms with Gasteiger partial charge >= 0.3 is 0 Å². The quantitative estimate of drug-likeness (QED) is 0.728. The highest BCUT2D eigenvalue weighted by atomic mass is 32.2. The fraction of sp³-hybridized carbons (Fsp3) is 0.889. The van der Waals surface area contributed by atoms with Crippen LogP contribution in [0.15, 0.2) is 0 Å². The Kier molecular flexibility index (Phi) is 5.21. The predicted molar refractivity (Wildman–Crippen MR) is 54.6 cm³/mol. The van der Waals surface area contributed by atoms with Crippen molar-refractivity contribution in [3.8, 4) is 6.07 Å². The third-order valence-electron chi connectivity index (χ3n) is 2.11. The molecule has 4 heteroatoms. The van der Waals surface area contributed by atoms with Crippen LogP contribution in [-0.4, -0.2) is 47.3 Å². The van der Waals surface area contributed by atoms with Crippen LogP contribution in [0, 0.1) is 11.3 Å². The summed E-state index contributed by atoms with van der Waals surface area (Å²) in [6.07, 6.45) is 0.987. The second kappa shape index (κ2) is 6.25. The van der Waals surface area contributed by atoms with E-state index in [0.717, 1.165) is 18.8 Å². The van der Waals surface area contributed by atoms with Gasteiger partial charge in [-0.05, 0) is 18.7 Å². The standard InChI is InChI=1S/C9H16N2OS/c10-3-2-9(12)8-11-4-1-6-13-7-5-11/h9,12H,1-2,4-8H2/t9-/m1/s1. The van der Waals surface area contributed by atoms with Crippen molar-refractivity contribution < 1.29 is 5.11 Å². The Morgan fingerprint density at radius 3 is 3.08 bits per heavy atom. The number of aliphatic hydroxyl groups excluding tert-OH is 1. The van der Waals surface area contributed by atoms with Gasteiger partial charge in [-0.2, -0.15) is 17.0 Å². The number of β-amino-alcohol motifs (C(OH)–C–C–N with tert-alkyl or cyclic N) is 1. The first kappa shape index (κ1) is 10.8. The first-order valence-electron chi connectivity index (χ1n) is 4.68. The Morgan fingerprint density at radius 2 is 2.31 bits per heavy atom. The minimum Gasteiger partial charge on any atom is -0.391 e. The van der Waals surface area contributed by atoms with Crippen molar-refractivity contribution in [2.75, 3.05) is 31.1 Å². The number of nitrogens with zero attached hydrogens (tertiary/aromatic N) is 2. The summed E-state index contributed by atoms with van der Waals surface area (Å²) in [4.78, 5) is 2.25. The maximum absolute atomic E-state index is 9.42. The molecule has 74 valence electrons. The topological polar surface area (TPSA) is 47.3 Å². The van der Waals surface area contributed by atoms with E-state index in [4.69, 9.17) is 5.26 Å². The molecule has 0 radical (unpaired) electrons. The van der Waals surface area contributed by atoms with Crippen molar-refractivity contribution in [3.05, 3.63) is 0 Å². The fourth-order valence-electron chi connectivity index (χ4n) is 1.45. The molecule has 0 amide bonds. The van der Waals surface area contributed by atoms with Gasteiger partial charge in [0, 0.05) is 18.8 Å². The lowest BCUT2D eigenvalue weighted by molar-refractivity contribution is 0.120. The van der Waals surface area contributed by atoms with Gasteiger partial charge in [0.05, 0.1) is 18.6 Å². The summed E-state index contributed by atoms with van der Waals surface area (Å²) >= 11 is 1.97. The van der Waals surface area contributed by atoms with E-state index in [2.05, 4.69) is 4.90 Å². The van der Waals surface area contributed by atoms with Crippen LogP contribution < -0.4 is 0 Å². The Hall–Kier alpha value is -0.240. The van der Waals surface area contributed by atoms with Gasteiger partial charge in [-0.25, -0.2) is 0 Å². The van der Waals surface area contributed by atoms with E-state index in [1.54, 1.807) is 0 Å². The average molecular weight is 200 g/mol. The zero-order chi connectivity index (χ0) is 9.52. The minimum atomic E-state index is -0.465. The second-order valence-electron chi connectivity index (χ2n) is 3.28. The number of hydrogen-bond acceptors (Lipinski definition) is 4. The molecule has 3 nitrogen and oxygen atoms in total. The summed E-state index contributed by atoms with van der Waals surface area (Å²) in [5.41, 5.74) is 0. The summed E-state index contributed by atoms with van der Waals surface area (Å²) in [5, 5.41) is 17.8. The van der Waals surface area contributed by atoms with Crippen molar-refractivity contribution in [3.63, 3.8) is 0 Å². The van der Waals surface area contributed by atoms with Crippen LogP contribution in [0.3, 0.4) is 0 Å². The van der Waals surface area contributed by atoms with Crippen molar-refractivity contribution in [2.24, 2.45) is 0 Å². The normalized spacial score (nSPS) is 21.8. The number of hydrogen-bond donors (Lipinski definition) is 1. The molecule has 1 N–H and O–H groups in total. The monoisotopic (exact) mass is 200 g/mol. The Bertz CT molecular complexity index is 173. The zero-order valence-electron chi connectivity index (χ0n) is 7.78. The Balaban J connectivity index is 2.22. The van der Waals surface area contributed by atoms with E-state index in [0.29, 0.717) is 6.54 Å². The van der Waals surface area contributed by atoms with Crippen molar-refractivity contribution in [1.82, 2.24) is 4.90 Å². The van der Waals surface area contributed by atoms with Crippen LogP contribution in [0.25, 0.3) is 0 Å². The van der Waals surface area contributed by atoms with Crippen LogP contribution in [0.5, 0.6) is 0 Å². The molecule has 0 aromatic heterocycles. The lowest BCUT2D eigenvalue weighted by atomic mass is 10.2. The molecule has 0 bridgehead atoms. The van der Waals surface area contributed by atoms with Crippen LogP contribution in [0.2, 0.25) is 0 Å². The maximum Gasteiger partial charge on any atom is 0.0796 e. The molecule has 1 atom stereocenters. The molecular formula is C9H16N2OS. The number of nitriles is 1. The molecule has 1 rings (SSSR count). The summed E-state index contributed by atoms with van der Waals surface area (Å²) in [6.45, 7) is 2.77. The molecule has 0 spiro atoms. The summed E-state index contributed by atoms with van der Waals surface area (Å²) in [5.74, 6) is 2.38. The van der Waals surface area contributed by atoms with Crippen LogP contribution in [0.4, 0.5) is 0 Å². The van der Waals surface area contributed by atoms with Gasteiger partial charge in [0.15, 0.2) is 0 Å². The first-order valence-corrected chi connectivity index (χ1v) is 5.83. The molecule has 0 saturated carbocycles. The molecule has 0 aromatic rings. The van der Waals surface area contributed by atoms with Gasteiger partial charge in [0.2, 0.25) is 0 Å². The third kappa shape index (κ3) is 4.51. The molecule has 1 aliphatic rings. The second-order valence-corrected chi connectivity index (χ2v) is 4.51. The largest absolute Gasteiger partial charge is 0.391 e. The smallest absolute Gasteiger partial charge is 0.0796 e. The highest BCUT2D eigenvalue weighted by Crippen LogP contribution is 2.10. The lowest BCUT2D eigenvalue weighted by Gasteiger charge is -2.21. The van der Waals surface area contributed by atoms with E-state index < -0.39 is 6.10 Å². The van der Waals surface area contributed by atoms with Gasteiger partial charge in [-0.15, -0.1) is 0 Å². The SMILES string of the molecule is N#CC[C@@H](O)CN1CCCSCC1. The Morgan fingerprint density at radius 1 is 1.46 bits per heavy atom. The van der Waals surface area contributed by atoms with Crippen molar-refractivity contribution in [1.29, 1.82) is 5.26 Å². The molecule has 0 aromatic carbocycles. The molecule has 1 fully saturated rings. The van der Waals surface area contributed by atoms with Gasteiger partial charge in [-0.3, -0.25) is 4.90 Å². The molecule has 0 aliphatic carbocycles. The minimum absolute atomic E-state index is 0.254. The molecule has 1 aliphatic heterocycles. The number of aliphatic hydroxyl groups is 1. The maximum atomic E-state index is 9.42. The Labute approximate surface area is 83.7 Å². The van der Waals surface area contributed by atoms with E-state index in [-0.39, 0.29) is 6.42 Å². The fourth-order valence-corrected chi connectivity index (χ4v) is 2.37. The summed E-state index contributed by atoms with van der Waals surface area (Å²) in [7, 11) is 0. The van der Waals surface area contributed by atoms with Crippen molar-refractivity contribution >= 4 is 11.8 Å². The molecule has 1 saturated heterocycles. The van der Waals surface area contributed by atoms with E-state index >= 15 is 0 Å². The summed E-state index contributed by atoms with van der Waals surface area (Å²) < 4.78 is 0. The zero-order valence-corrected chi connectivity index (χ0v) is 8.59. The van der Waals surface area contributed by atoms with Crippen LogP contribution in [0.1, 0.15) is 12.8 Å². The molecule has 0 unspecified atom stereocenters. The van der Waals surface area contributed by atoms with Gasteiger partial charge in [0.1, 0.15) is 0 Å². The first-order chi connectivity index (χ1) is 6.33. The highest BCUT2D eigenvalue weighted by Gasteiger charge is 2.13. The summed E-state index contributed by atoms with van der Waals surface area (Å²) in [6, 6.07) is 1.99. The lowest BCUT2D eigenvalue weighted by Crippen LogP contribution is -2.33. The van der Waals surface area contributed by atoms with Gasteiger partial charge in [-0.1, -0.05) is 0 Å². The van der Waals surface area contributed by atoms with E-state index in [1.807, 2.05) is 17.8 Å². The predicted octanol–water partition coefficient (Wildman–Crippen LogP) is 0.700. The molecular weight excluding hydrogens is 184 g/mol. The van der Waals surface area contributed by atoms with Crippen LogP contribution in [-0.2, 0) is 0 Å². The van der Waals surface area contributed by atoms with E-state index in [9.17, 15) is 5.11 Å². The molecule has 13 heavy (non-hydrogen) atoms. The highest BCUT2D eigenvalue weighted by molar-refractivity contribution is 7.99. The van der Waals surface area contributed by atoms with Crippen molar-refractivity contribution in [2.45, 2.75) is 18.9 Å². The molecule has 1 heterocycles. The third-order valence-corrected chi connectivity index (χ3v) is 3.16. The van der Waals surface area contributed by atoms with Gasteiger partial charge < -0.3 is 5.11 Å². The van der Waals surface area contributed by atoms with Gasteiger partial charge in [0.25, 0.3) is 0 Å². The average Bonchev–Trinajstić information content (AvgIpc) is 2.33. The number of thioether (sulfide) groups is 1. The van der Waals surface area contributed by atoms with Crippen LogP contribution >= 0.6 is 11.8 Å².